The number of Topliss-reactive ketones (excluding diaryl/α,β-unsaturated/α-hetero) is 1. The topological polar surface area (TPSA) is 101 Å². The number of nitrogens with one attached hydrogen (secondary N) is 1. The van der Waals surface area contributed by atoms with Crippen molar-refractivity contribution in [2.24, 2.45) is 0 Å². The van der Waals surface area contributed by atoms with Gasteiger partial charge in [0.05, 0.1) is 0 Å². The Balaban J connectivity index is 2.86. The second-order valence-corrected chi connectivity index (χ2v) is 5.75. The van der Waals surface area contributed by atoms with Gasteiger partial charge < -0.3 is 5.32 Å². The molecule has 1 rings (SSSR count). The summed E-state index contributed by atoms with van der Waals surface area (Å²) in [5.74, 6) is -1.94. The first kappa shape index (κ1) is 15.3. The molecule has 0 saturated carbocycles. The van der Waals surface area contributed by atoms with Crippen molar-refractivity contribution in [3.63, 3.8) is 0 Å². The van der Waals surface area contributed by atoms with Crippen LogP contribution in [-0.2, 0) is 14.9 Å². The van der Waals surface area contributed by atoms with Crippen LogP contribution in [0.1, 0.15) is 22.8 Å². The minimum Gasteiger partial charge on any atom is -0.341 e. The third kappa shape index (κ3) is 5.19. The first-order chi connectivity index (χ1) is 8.69. The summed E-state index contributed by atoms with van der Waals surface area (Å²) >= 11 is 0. The van der Waals surface area contributed by atoms with E-state index in [1.54, 1.807) is 31.2 Å². The number of hydrogen-bond acceptors (Lipinski definition) is 4. The Bertz CT molecular complexity index is 594. The number of amides is 1. The number of carbonyl (C=O) groups excluding carboxylic acids is 2. The first-order valence-electron chi connectivity index (χ1n) is 5.52. The molecule has 2 N–H and O–H groups in total. The van der Waals surface area contributed by atoms with Gasteiger partial charge in [-0.25, -0.2) is 0 Å². The van der Waals surface area contributed by atoms with Crippen molar-refractivity contribution in [2.45, 2.75) is 19.9 Å². The molecular formula is C12H15NO5S. The molecule has 0 aromatic heterocycles. The van der Waals surface area contributed by atoms with Gasteiger partial charge in [0.15, 0.2) is 5.78 Å². The summed E-state index contributed by atoms with van der Waals surface area (Å²) in [4.78, 5) is 23.1. The second kappa shape index (κ2) is 5.94. The highest BCUT2D eigenvalue weighted by molar-refractivity contribution is 7.85. The summed E-state index contributed by atoms with van der Waals surface area (Å²) < 4.78 is 30.3. The predicted molar refractivity (Wildman–Crippen MR) is 69.5 cm³/mol. The maximum absolute atomic E-state index is 11.9. The fourth-order valence-electron chi connectivity index (χ4n) is 1.50. The van der Waals surface area contributed by atoms with E-state index >= 15 is 0 Å². The van der Waals surface area contributed by atoms with Gasteiger partial charge in [0, 0.05) is 5.56 Å². The Morgan fingerprint density at radius 2 is 2.00 bits per heavy atom. The molecular weight excluding hydrogens is 270 g/mol. The normalized spacial score (nSPS) is 12.8. The smallest absolute Gasteiger partial charge is 0.267 e. The maximum Gasteiger partial charge on any atom is 0.267 e. The first-order valence-corrected chi connectivity index (χ1v) is 7.13. The van der Waals surface area contributed by atoms with Gasteiger partial charge in [-0.05, 0) is 26.0 Å². The van der Waals surface area contributed by atoms with Crippen molar-refractivity contribution in [1.82, 2.24) is 5.32 Å². The maximum atomic E-state index is 11.9. The molecule has 1 amide bonds. The lowest BCUT2D eigenvalue weighted by molar-refractivity contribution is -0.118. The van der Waals surface area contributed by atoms with Crippen LogP contribution in [0, 0.1) is 6.92 Å². The summed E-state index contributed by atoms with van der Waals surface area (Å²) in [6.45, 7) is 2.95. The van der Waals surface area contributed by atoms with E-state index in [9.17, 15) is 18.0 Å². The number of benzene rings is 1. The molecule has 104 valence electrons. The lowest BCUT2D eigenvalue weighted by atomic mass is 10.1. The molecule has 0 aliphatic heterocycles. The summed E-state index contributed by atoms with van der Waals surface area (Å²) in [6.07, 6.45) is 0. The fourth-order valence-corrected chi connectivity index (χ4v) is 2.24. The molecule has 0 heterocycles. The van der Waals surface area contributed by atoms with Crippen LogP contribution >= 0.6 is 0 Å². The molecule has 0 fully saturated rings. The Kier molecular flexibility index (Phi) is 4.79. The minimum absolute atomic E-state index is 0.321. The highest BCUT2D eigenvalue weighted by Crippen LogP contribution is 2.05. The zero-order chi connectivity index (χ0) is 14.6. The lowest BCUT2D eigenvalue weighted by Crippen LogP contribution is -2.44. The van der Waals surface area contributed by atoms with Crippen molar-refractivity contribution in [2.75, 3.05) is 5.75 Å². The predicted octanol–water partition coefficient (Wildman–Crippen LogP) is 0.570. The van der Waals surface area contributed by atoms with E-state index in [0.717, 1.165) is 12.5 Å². The Labute approximate surface area is 111 Å². The van der Waals surface area contributed by atoms with Gasteiger partial charge in [-0.3, -0.25) is 14.1 Å². The average Bonchev–Trinajstić information content (AvgIpc) is 2.26. The van der Waals surface area contributed by atoms with Crippen LogP contribution in [0.15, 0.2) is 24.3 Å². The summed E-state index contributed by atoms with van der Waals surface area (Å²) in [5, 5.41) is 2.29. The van der Waals surface area contributed by atoms with E-state index in [0.29, 0.717) is 5.56 Å². The van der Waals surface area contributed by atoms with Gasteiger partial charge in [0.2, 0.25) is 0 Å². The molecule has 1 aromatic rings. The fraction of sp³-hybridized carbons (Fsp3) is 0.333. The van der Waals surface area contributed by atoms with Crippen LogP contribution in [0.25, 0.3) is 0 Å². The highest BCUT2D eigenvalue weighted by Gasteiger charge is 2.23. The van der Waals surface area contributed by atoms with Gasteiger partial charge >= 0.3 is 0 Å². The molecule has 0 aliphatic rings. The quantitative estimate of drug-likeness (QED) is 0.770. The van der Waals surface area contributed by atoms with E-state index in [4.69, 9.17) is 4.55 Å². The zero-order valence-corrected chi connectivity index (χ0v) is 11.4. The molecule has 7 heteroatoms. The molecule has 0 aliphatic carbocycles. The van der Waals surface area contributed by atoms with Gasteiger partial charge in [0.1, 0.15) is 11.8 Å². The van der Waals surface area contributed by atoms with Crippen LogP contribution in [0.5, 0.6) is 0 Å². The van der Waals surface area contributed by atoms with Gasteiger partial charge in [-0.15, -0.1) is 0 Å². The lowest BCUT2D eigenvalue weighted by Gasteiger charge is -2.14. The van der Waals surface area contributed by atoms with Crippen LogP contribution in [0.4, 0.5) is 0 Å². The number of carbonyl (C=O) groups is 2. The van der Waals surface area contributed by atoms with E-state index in [1.807, 2.05) is 0 Å². The molecule has 1 aromatic carbocycles. The van der Waals surface area contributed by atoms with Gasteiger partial charge in [-0.1, -0.05) is 17.7 Å². The summed E-state index contributed by atoms with van der Waals surface area (Å²) in [5.41, 5.74) is 1.18. The summed E-state index contributed by atoms with van der Waals surface area (Å²) in [7, 11) is -4.34. The van der Waals surface area contributed by atoms with Gasteiger partial charge in [-0.2, -0.15) is 8.42 Å². The van der Waals surface area contributed by atoms with Crippen LogP contribution in [0.3, 0.4) is 0 Å². The molecule has 0 spiro atoms. The van der Waals surface area contributed by atoms with Crippen LogP contribution in [-0.4, -0.2) is 36.5 Å². The minimum atomic E-state index is -4.34. The molecule has 0 bridgehead atoms. The molecule has 1 unspecified atom stereocenters. The molecule has 6 nitrogen and oxygen atoms in total. The number of ketones is 1. The number of hydrogen-bond donors (Lipinski definition) is 2. The molecule has 1 atom stereocenters. The Hall–Kier alpha value is -1.73. The third-order valence-corrected chi connectivity index (χ3v) is 3.21. The van der Waals surface area contributed by atoms with E-state index in [1.165, 1.54) is 0 Å². The third-order valence-electron chi connectivity index (χ3n) is 2.45. The monoisotopic (exact) mass is 285 g/mol. The molecule has 0 radical (unpaired) electrons. The second-order valence-electron chi connectivity index (χ2n) is 4.25. The Morgan fingerprint density at radius 3 is 2.47 bits per heavy atom. The summed E-state index contributed by atoms with van der Waals surface area (Å²) in [6, 6.07) is 5.38. The van der Waals surface area contributed by atoms with Crippen molar-refractivity contribution in [3.05, 3.63) is 35.4 Å². The van der Waals surface area contributed by atoms with E-state index in [-0.39, 0.29) is 0 Å². The largest absolute Gasteiger partial charge is 0.341 e. The average molecular weight is 285 g/mol. The van der Waals surface area contributed by atoms with E-state index < -0.39 is 33.6 Å². The standard InChI is InChI=1S/C12H15NO5S/c1-8-4-3-5-10(6-8)12(15)13-11(9(2)14)7-19(16,17)18/h3-6,11H,7H2,1-2H3,(H,13,15)(H,16,17,18). The Morgan fingerprint density at radius 1 is 1.37 bits per heavy atom. The molecule has 0 saturated heterocycles. The number of rotatable bonds is 5. The van der Waals surface area contributed by atoms with Crippen molar-refractivity contribution >= 4 is 21.8 Å². The molecule has 19 heavy (non-hydrogen) atoms. The van der Waals surface area contributed by atoms with Crippen molar-refractivity contribution in [1.29, 1.82) is 0 Å². The van der Waals surface area contributed by atoms with Crippen LogP contribution in [0.2, 0.25) is 0 Å². The number of aryl methyl sites for hydroxylation is 1. The van der Waals surface area contributed by atoms with E-state index in [2.05, 4.69) is 5.32 Å². The van der Waals surface area contributed by atoms with Crippen molar-refractivity contribution in [3.8, 4) is 0 Å². The van der Waals surface area contributed by atoms with Crippen molar-refractivity contribution < 1.29 is 22.6 Å². The van der Waals surface area contributed by atoms with Crippen LogP contribution < -0.4 is 5.32 Å². The van der Waals surface area contributed by atoms with Gasteiger partial charge in [0.25, 0.3) is 16.0 Å². The zero-order valence-electron chi connectivity index (χ0n) is 10.6. The SMILES string of the molecule is CC(=O)C(CS(=O)(=O)O)NC(=O)c1cccc(C)c1. The highest BCUT2D eigenvalue weighted by atomic mass is 32.2.